The fourth-order valence-corrected chi connectivity index (χ4v) is 2.65. The summed E-state index contributed by atoms with van der Waals surface area (Å²) in [4.78, 5) is 0. The van der Waals surface area contributed by atoms with E-state index in [4.69, 9.17) is 9.47 Å². The molecule has 1 aliphatic heterocycles. The first-order valence-electron chi connectivity index (χ1n) is 5.83. The molecule has 1 heterocycles. The van der Waals surface area contributed by atoms with Gasteiger partial charge in [0.2, 0.25) is 0 Å². The lowest BCUT2D eigenvalue weighted by Crippen LogP contribution is -2.22. The normalized spacial score (nSPS) is 25.7. The van der Waals surface area contributed by atoms with E-state index in [1.165, 1.54) is 24.0 Å². The lowest BCUT2D eigenvalue weighted by Gasteiger charge is -2.24. The topological polar surface area (TPSA) is 18.5 Å². The predicted molar refractivity (Wildman–Crippen MR) is 65.6 cm³/mol. The first-order chi connectivity index (χ1) is 7.84. The maximum absolute atomic E-state index is 5.74. The molecule has 0 N–H and O–H groups in total. The molecule has 86 valence electrons. The molecule has 2 fully saturated rings. The average molecular weight is 283 g/mol. The molecule has 3 heteroatoms. The summed E-state index contributed by atoms with van der Waals surface area (Å²) in [7, 11) is 0. The monoisotopic (exact) mass is 282 g/mol. The first kappa shape index (κ1) is 10.8. The van der Waals surface area contributed by atoms with Crippen LogP contribution in [0.1, 0.15) is 36.0 Å². The van der Waals surface area contributed by atoms with Gasteiger partial charge in [0.15, 0.2) is 0 Å². The lowest BCUT2D eigenvalue weighted by molar-refractivity contribution is -0.0904. The maximum Gasteiger partial charge on any atom is 0.107 e. The highest BCUT2D eigenvalue weighted by Crippen LogP contribution is 2.42. The Morgan fingerprint density at radius 2 is 2.06 bits per heavy atom. The van der Waals surface area contributed by atoms with Gasteiger partial charge in [-0.1, -0.05) is 28.1 Å². The van der Waals surface area contributed by atoms with Gasteiger partial charge >= 0.3 is 0 Å². The minimum atomic E-state index is 0.0989. The third-order valence-electron chi connectivity index (χ3n) is 3.23. The number of benzene rings is 1. The standard InChI is InChI=1S/C13H15BrO2/c14-12-4-3-10(9-1-2-9)7-11(12)13-8-15-5-6-16-13/h3-4,7,9,13H,1-2,5-6,8H2. The summed E-state index contributed by atoms with van der Waals surface area (Å²) in [5, 5.41) is 0. The summed E-state index contributed by atoms with van der Waals surface area (Å²) in [5.74, 6) is 0.788. The molecule has 2 aliphatic rings. The zero-order valence-electron chi connectivity index (χ0n) is 9.12. The number of hydrogen-bond donors (Lipinski definition) is 0. The molecular formula is C13H15BrO2. The van der Waals surface area contributed by atoms with E-state index >= 15 is 0 Å². The maximum atomic E-state index is 5.74. The second-order valence-corrected chi connectivity index (χ2v) is 5.34. The van der Waals surface area contributed by atoms with Crippen molar-refractivity contribution in [3.63, 3.8) is 0 Å². The summed E-state index contributed by atoms with van der Waals surface area (Å²) in [6, 6.07) is 6.64. The molecular weight excluding hydrogens is 268 g/mol. The largest absolute Gasteiger partial charge is 0.376 e. The van der Waals surface area contributed by atoms with Crippen LogP contribution in [0, 0.1) is 0 Å². The van der Waals surface area contributed by atoms with Crippen LogP contribution in [-0.4, -0.2) is 19.8 Å². The second-order valence-electron chi connectivity index (χ2n) is 4.49. The van der Waals surface area contributed by atoms with Gasteiger partial charge in [0.05, 0.1) is 19.8 Å². The highest BCUT2D eigenvalue weighted by molar-refractivity contribution is 9.10. The summed E-state index contributed by atoms with van der Waals surface area (Å²) < 4.78 is 12.3. The minimum absolute atomic E-state index is 0.0989. The zero-order chi connectivity index (χ0) is 11.0. The Balaban J connectivity index is 1.88. The van der Waals surface area contributed by atoms with E-state index < -0.39 is 0 Å². The third-order valence-corrected chi connectivity index (χ3v) is 3.95. The molecule has 1 unspecified atom stereocenters. The van der Waals surface area contributed by atoms with Crippen molar-refractivity contribution < 1.29 is 9.47 Å². The molecule has 1 saturated heterocycles. The quantitative estimate of drug-likeness (QED) is 0.828. The van der Waals surface area contributed by atoms with Gasteiger partial charge in [-0.25, -0.2) is 0 Å². The van der Waals surface area contributed by atoms with Crippen molar-refractivity contribution in [2.24, 2.45) is 0 Å². The molecule has 0 amide bonds. The number of ether oxygens (including phenoxy) is 2. The van der Waals surface area contributed by atoms with Gasteiger partial charge in [-0.3, -0.25) is 0 Å². The van der Waals surface area contributed by atoms with Crippen LogP contribution in [0.2, 0.25) is 0 Å². The number of halogens is 1. The number of hydrogen-bond acceptors (Lipinski definition) is 2. The molecule has 1 aromatic rings. The van der Waals surface area contributed by atoms with Crippen LogP contribution in [0.3, 0.4) is 0 Å². The summed E-state index contributed by atoms with van der Waals surface area (Å²) >= 11 is 3.60. The van der Waals surface area contributed by atoms with Crippen molar-refractivity contribution in [1.29, 1.82) is 0 Å². The van der Waals surface area contributed by atoms with Crippen molar-refractivity contribution in [1.82, 2.24) is 0 Å². The Hall–Kier alpha value is -0.380. The smallest absolute Gasteiger partial charge is 0.107 e. The molecule has 16 heavy (non-hydrogen) atoms. The Labute approximate surface area is 104 Å². The van der Waals surface area contributed by atoms with E-state index in [1.807, 2.05) is 0 Å². The molecule has 0 radical (unpaired) electrons. The van der Waals surface area contributed by atoms with Gasteiger partial charge in [-0.15, -0.1) is 0 Å². The summed E-state index contributed by atoms with van der Waals surface area (Å²) in [6.07, 6.45) is 2.77. The van der Waals surface area contributed by atoms with E-state index in [1.54, 1.807) is 0 Å². The fourth-order valence-electron chi connectivity index (χ4n) is 2.15. The van der Waals surface area contributed by atoms with E-state index in [0.717, 1.165) is 17.0 Å². The van der Waals surface area contributed by atoms with Gasteiger partial charge in [-0.05, 0) is 36.0 Å². The van der Waals surface area contributed by atoms with Gasteiger partial charge < -0.3 is 9.47 Å². The van der Waals surface area contributed by atoms with Crippen molar-refractivity contribution in [3.05, 3.63) is 33.8 Å². The van der Waals surface area contributed by atoms with E-state index in [2.05, 4.69) is 34.1 Å². The van der Waals surface area contributed by atoms with Crippen LogP contribution in [-0.2, 0) is 9.47 Å². The number of rotatable bonds is 2. The lowest BCUT2D eigenvalue weighted by atomic mass is 10.0. The van der Waals surface area contributed by atoms with E-state index in [-0.39, 0.29) is 6.10 Å². The van der Waals surface area contributed by atoms with Crippen molar-refractivity contribution in [3.8, 4) is 0 Å². The molecule has 3 rings (SSSR count). The molecule has 0 aromatic heterocycles. The van der Waals surface area contributed by atoms with Crippen LogP contribution in [0.15, 0.2) is 22.7 Å². The summed E-state index contributed by atoms with van der Waals surface area (Å²) in [6.45, 7) is 2.09. The molecule has 1 aromatic carbocycles. The third kappa shape index (κ3) is 2.17. The molecule has 0 spiro atoms. The SMILES string of the molecule is Brc1ccc(C2CC2)cc1C1COCCO1. The minimum Gasteiger partial charge on any atom is -0.376 e. The highest BCUT2D eigenvalue weighted by Gasteiger charge is 2.26. The van der Waals surface area contributed by atoms with Gasteiger partial charge in [0, 0.05) is 4.47 Å². The second kappa shape index (κ2) is 4.47. The van der Waals surface area contributed by atoms with E-state index in [9.17, 15) is 0 Å². The molecule has 0 bridgehead atoms. The highest BCUT2D eigenvalue weighted by atomic mass is 79.9. The first-order valence-corrected chi connectivity index (χ1v) is 6.62. The van der Waals surface area contributed by atoms with Crippen LogP contribution in [0.4, 0.5) is 0 Å². The van der Waals surface area contributed by atoms with Crippen molar-refractivity contribution in [2.75, 3.05) is 19.8 Å². The fraction of sp³-hybridized carbons (Fsp3) is 0.538. The van der Waals surface area contributed by atoms with Gasteiger partial charge in [-0.2, -0.15) is 0 Å². The van der Waals surface area contributed by atoms with Crippen LogP contribution < -0.4 is 0 Å². The zero-order valence-corrected chi connectivity index (χ0v) is 10.7. The molecule has 1 atom stereocenters. The summed E-state index contributed by atoms with van der Waals surface area (Å²) in [5.41, 5.74) is 2.69. The molecule has 1 aliphatic carbocycles. The van der Waals surface area contributed by atoms with Crippen molar-refractivity contribution >= 4 is 15.9 Å². The van der Waals surface area contributed by atoms with Gasteiger partial charge in [0.1, 0.15) is 6.10 Å². The van der Waals surface area contributed by atoms with Crippen LogP contribution >= 0.6 is 15.9 Å². The van der Waals surface area contributed by atoms with E-state index in [0.29, 0.717) is 13.2 Å². The average Bonchev–Trinajstić information content (AvgIpc) is 3.15. The Morgan fingerprint density at radius 3 is 2.75 bits per heavy atom. The van der Waals surface area contributed by atoms with Crippen LogP contribution in [0.25, 0.3) is 0 Å². The Kier molecular flexibility index (Phi) is 3.01. The van der Waals surface area contributed by atoms with Crippen molar-refractivity contribution in [2.45, 2.75) is 24.9 Å². The molecule has 2 nitrogen and oxygen atoms in total. The van der Waals surface area contributed by atoms with Gasteiger partial charge in [0.25, 0.3) is 0 Å². The molecule has 1 saturated carbocycles. The Morgan fingerprint density at radius 1 is 1.19 bits per heavy atom. The Bertz CT molecular complexity index is 382. The van der Waals surface area contributed by atoms with Crippen LogP contribution in [0.5, 0.6) is 0 Å². The predicted octanol–water partition coefficient (Wildman–Crippen LogP) is 3.41.